The van der Waals surface area contributed by atoms with Gasteiger partial charge in [0.15, 0.2) is 8.32 Å². The molecule has 0 atom stereocenters. The molecule has 0 bridgehead atoms. The molecule has 14 heavy (non-hydrogen) atoms. The SMILES string of the molecule is CC1CC(C)(O[Si](C)(C)C(C)(C)C)C1. The Kier molecular flexibility index (Phi) is 2.92. The first-order valence-corrected chi connectivity index (χ1v) is 8.67. The third kappa shape index (κ3) is 2.40. The first kappa shape index (κ1) is 12.2. The van der Waals surface area contributed by atoms with Crippen molar-refractivity contribution in [3.8, 4) is 0 Å². The van der Waals surface area contributed by atoms with E-state index in [0.717, 1.165) is 5.92 Å². The minimum atomic E-state index is -1.54. The smallest absolute Gasteiger partial charge is 0.192 e. The Labute approximate surface area is 90.4 Å². The van der Waals surface area contributed by atoms with Crippen LogP contribution in [-0.4, -0.2) is 13.9 Å². The highest BCUT2D eigenvalue weighted by molar-refractivity contribution is 6.74. The lowest BCUT2D eigenvalue weighted by atomic mass is 9.73. The van der Waals surface area contributed by atoms with Crippen LogP contribution in [-0.2, 0) is 4.43 Å². The fourth-order valence-corrected chi connectivity index (χ4v) is 3.97. The third-order valence-electron chi connectivity index (χ3n) is 3.87. The van der Waals surface area contributed by atoms with Crippen LogP contribution in [0.2, 0.25) is 18.1 Å². The maximum atomic E-state index is 6.44. The monoisotopic (exact) mass is 214 g/mol. The average Bonchev–Trinajstić information content (AvgIpc) is 1.78. The predicted molar refractivity (Wildman–Crippen MR) is 65.1 cm³/mol. The molecule has 0 saturated heterocycles. The molecule has 0 spiro atoms. The Morgan fingerprint density at radius 1 is 1.21 bits per heavy atom. The van der Waals surface area contributed by atoms with E-state index in [2.05, 4.69) is 47.7 Å². The van der Waals surface area contributed by atoms with Gasteiger partial charge in [-0.2, -0.15) is 0 Å². The minimum absolute atomic E-state index is 0.197. The summed E-state index contributed by atoms with van der Waals surface area (Å²) in [7, 11) is -1.54. The number of hydrogen-bond donors (Lipinski definition) is 0. The fraction of sp³-hybridized carbons (Fsp3) is 1.00. The predicted octanol–water partition coefficient (Wildman–Crippen LogP) is 4.20. The van der Waals surface area contributed by atoms with Crippen LogP contribution in [0.15, 0.2) is 0 Å². The summed E-state index contributed by atoms with van der Waals surface area (Å²) in [5, 5.41) is 0.342. The Hall–Kier alpha value is 0.177. The molecule has 0 aromatic carbocycles. The van der Waals surface area contributed by atoms with Gasteiger partial charge in [0.25, 0.3) is 0 Å². The zero-order valence-electron chi connectivity index (χ0n) is 10.9. The molecular weight excluding hydrogens is 188 g/mol. The summed E-state index contributed by atoms with van der Waals surface area (Å²) in [5.74, 6) is 0.866. The van der Waals surface area contributed by atoms with E-state index < -0.39 is 8.32 Å². The Morgan fingerprint density at radius 3 is 1.93 bits per heavy atom. The van der Waals surface area contributed by atoms with Gasteiger partial charge in [-0.25, -0.2) is 0 Å². The Morgan fingerprint density at radius 2 is 1.64 bits per heavy atom. The van der Waals surface area contributed by atoms with Crippen molar-refractivity contribution >= 4 is 8.32 Å². The van der Waals surface area contributed by atoms with E-state index in [-0.39, 0.29) is 5.60 Å². The second-order valence-electron chi connectivity index (χ2n) is 6.83. The maximum absolute atomic E-state index is 6.44. The van der Waals surface area contributed by atoms with Gasteiger partial charge in [0.2, 0.25) is 0 Å². The van der Waals surface area contributed by atoms with Crippen molar-refractivity contribution in [2.24, 2.45) is 5.92 Å². The van der Waals surface area contributed by atoms with Crippen LogP contribution in [0.3, 0.4) is 0 Å². The van der Waals surface area contributed by atoms with Crippen molar-refractivity contribution < 1.29 is 4.43 Å². The molecule has 1 aliphatic rings. The maximum Gasteiger partial charge on any atom is 0.192 e. The van der Waals surface area contributed by atoms with Gasteiger partial charge >= 0.3 is 0 Å². The van der Waals surface area contributed by atoms with Crippen LogP contribution in [0.1, 0.15) is 47.5 Å². The van der Waals surface area contributed by atoms with Gasteiger partial charge in [0.1, 0.15) is 0 Å². The van der Waals surface area contributed by atoms with Gasteiger partial charge in [-0.3, -0.25) is 0 Å². The van der Waals surface area contributed by atoms with Crippen molar-refractivity contribution in [3.05, 3.63) is 0 Å². The van der Waals surface area contributed by atoms with Gasteiger partial charge in [-0.05, 0) is 43.8 Å². The van der Waals surface area contributed by atoms with Crippen molar-refractivity contribution in [1.82, 2.24) is 0 Å². The lowest BCUT2D eigenvalue weighted by molar-refractivity contribution is -0.0383. The quantitative estimate of drug-likeness (QED) is 0.626. The molecule has 0 heterocycles. The van der Waals surface area contributed by atoms with E-state index in [1.165, 1.54) is 12.8 Å². The highest BCUT2D eigenvalue weighted by Gasteiger charge is 2.47. The van der Waals surface area contributed by atoms with E-state index in [1.807, 2.05) is 0 Å². The summed E-state index contributed by atoms with van der Waals surface area (Å²) in [5.41, 5.74) is 0.197. The second kappa shape index (κ2) is 3.34. The first-order chi connectivity index (χ1) is 6.06. The van der Waals surface area contributed by atoms with Crippen molar-refractivity contribution in [1.29, 1.82) is 0 Å². The molecule has 1 aliphatic carbocycles. The van der Waals surface area contributed by atoms with Crippen LogP contribution in [0, 0.1) is 5.92 Å². The summed E-state index contributed by atoms with van der Waals surface area (Å²) < 4.78 is 6.44. The molecule has 84 valence electrons. The molecule has 0 aromatic heterocycles. The molecule has 2 heteroatoms. The summed E-state index contributed by atoms with van der Waals surface area (Å²) >= 11 is 0. The highest BCUT2D eigenvalue weighted by Crippen LogP contribution is 2.46. The third-order valence-corrected chi connectivity index (χ3v) is 8.48. The van der Waals surface area contributed by atoms with E-state index in [1.54, 1.807) is 0 Å². The number of hydrogen-bond acceptors (Lipinski definition) is 1. The van der Waals surface area contributed by atoms with Crippen LogP contribution in [0.4, 0.5) is 0 Å². The Balaban J connectivity index is 2.60. The first-order valence-electron chi connectivity index (χ1n) is 5.76. The Bertz CT molecular complexity index is 209. The molecule has 0 aromatic rings. The van der Waals surface area contributed by atoms with Crippen LogP contribution in [0.25, 0.3) is 0 Å². The molecule has 1 fully saturated rings. The standard InChI is InChI=1S/C12H26OSi/c1-10-8-12(5,9-10)13-14(6,7)11(2,3)4/h10H,8-9H2,1-7H3. The summed E-state index contributed by atoms with van der Waals surface area (Å²) in [6, 6.07) is 0. The molecule has 1 rings (SSSR count). The molecule has 1 saturated carbocycles. The molecule has 0 aliphatic heterocycles. The van der Waals surface area contributed by atoms with Crippen LogP contribution >= 0.6 is 0 Å². The number of rotatable bonds is 2. The average molecular weight is 214 g/mol. The normalized spacial score (nSPS) is 34.1. The summed E-state index contributed by atoms with van der Waals surface area (Å²) in [6.45, 7) is 16.2. The second-order valence-corrected chi connectivity index (χ2v) is 11.6. The zero-order valence-corrected chi connectivity index (χ0v) is 11.9. The lowest BCUT2D eigenvalue weighted by Crippen LogP contribution is -2.53. The van der Waals surface area contributed by atoms with Crippen molar-refractivity contribution in [2.75, 3.05) is 0 Å². The fourth-order valence-electron chi connectivity index (χ4n) is 2.27. The van der Waals surface area contributed by atoms with Crippen LogP contribution in [0.5, 0.6) is 0 Å². The van der Waals surface area contributed by atoms with Gasteiger partial charge < -0.3 is 4.43 Å². The van der Waals surface area contributed by atoms with E-state index in [9.17, 15) is 0 Å². The molecular formula is C12H26OSi. The molecule has 1 nitrogen and oxygen atoms in total. The van der Waals surface area contributed by atoms with Crippen molar-refractivity contribution in [3.63, 3.8) is 0 Å². The topological polar surface area (TPSA) is 9.23 Å². The van der Waals surface area contributed by atoms with Crippen molar-refractivity contribution in [2.45, 2.75) is 71.2 Å². The van der Waals surface area contributed by atoms with E-state index in [4.69, 9.17) is 4.43 Å². The van der Waals surface area contributed by atoms with E-state index >= 15 is 0 Å². The summed E-state index contributed by atoms with van der Waals surface area (Å²) in [4.78, 5) is 0. The molecule has 0 amide bonds. The van der Waals surface area contributed by atoms with Crippen LogP contribution < -0.4 is 0 Å². The largest absolute Gasteiger partial charge is 0.412 e. The van der Waals surface area contributed by atoms with Gasteiger partial charge in [0, 0.05) is 0 Å². The van der Waals surface area contributed by atoms with Gasteiger partial charge in [-0.1, -0.05) is 27.7 Å². The summed E-state index contributed by atoms with van der Waals surface area (Å²) in [6.07, 6.45) is 2.50. The highest BCUT2D eigenvalue weighted by atomic mass is 28.4. The molecule has 0 N–H and O–H groups in total. The van der Waals surface area contributed by atoms with Gasteiger partial charge in [0.05, 0.1) is 5.60 Å². The zero-order chi connectivity index (χ0) is 11.2. The minimum Gasteiger partial charge on any atom is -0.412 e. The molecule has 0 unspecified atom stereocenters. The molecule has 0 radical (unpaired) electrons. The van der Waals surface area contributed by atoms with Gasteiger partial charge in [-0.15, -0.1) is 0 Å². The van der Waals surface area contributed by atoms with E-state index in [0.29, 0.717) is 5.04 Å². The lowest BCUT2D eigenvalue weighted by Gasteiger charge is -2.51.